The number of methoxy groups -OCH3 is 5. The first-order valence-electron chi connectivity index (χ1n) is 16.8. The number of ether oxygens (including phenoxy) is 6. The standard InChI is InChI=1S/C41H42N2O10/c1-48-32-18-17-28(24-33(32)49-2)37-36(39(45)43-31(41(47)52-5)22-26-14-10-7-11-15-26)29-20-27(23-34(50-3)38(29)53-37)16-19-35(44)42-30(40(46)51-4)21-25-12-8-6-9-13-25/h6-20,23-24,30-31,36-37H,21-22H2,1-5H3,(H,42,44)(H,43,45). The van der Waals surface area contributed by atoms with E-state index in [1.54, 1.807) is 36.4 Å². The Balaban J connectivity index is 1.49. The first-order chi connectivity index (χ1) is 25.7. The van der Waals surface area contributed by atoms with Gasteiger partial charge in [-0.05, 0) is 52.6 Å². The van der Waals surface area contributed by atoms with Crippen molar-refractivity contribution in [1.29, 1.82) is 0 Å². The molecule has 2 N–H and O–H groups in total. The molecule has 0 aliphatic carbocycles. The van der Waals surface area contributed by atoms with Crippen LogP contribution in [0.15, 0.2) is 97.1 Å². The monoisotopic (exact) mass is 722 g/mol. The maximum Gasteiger partial charge on any atom is 0.328 e. The fourth-order valence-electron chi connectivity index (χ4n) is 6.20. The van der Waals surface area contributed by atoms with Crippen molar-refractivity contribution in [2.45, 2.75) is 36.9 Å². The summed E-state index contributed by atoms with van der Waals surface area (Å²) in [6.07, 6.45) is 2.38. The fraction of sp³-hybridized carbons (Fsp3) is 0.268. The van der Waals surface area contributed by atoms with Crippen LogP contribution in [-0.2, 0) is 41.5 Å². The summed E-state index contributed by atoms with van der Waals surface area (Å²) in [7, 11) is 7.03. The molecule has 0 radical (unpaired) electrons. The lowest BCUT2D eigenvalue weighted by Gasteiger charge is -2.23. The van der Waals surface area contributed by atoms with Crippen molar-refractivity contribution in [1.82, 2.24) is 10.6 Å². The molecule has 4 atom stereocenters. The number of benzene rings is 4. The van der Waals surface area contributed by atoms with Crippen LogP contribution in [0.2, 0.25) is 0 Å². The molecule has 0 bridgehead atoms. The second-order valence-corrected chi connectivity index (χ2v) is 12.2. The number of nitrogens with one attached hydrogen (secondary N) is 2. The Morgan fingerprint density at radius 1 is 0.679 bits per heavy atom. The summed E-state index contributed by atoms with van der Waals surface area (Å²) in [5.74, 6) is -1.67. The molecule has 5 rings (SSSR count). The van der Waals surface area contributed by atoms with E-state index < -0.39 is 47.9 Å². The van der Waals surface area contributed by atoms with Gasteiger partial charge in [0.05, 0.1) is 35.5 Å². The molecular formula is C41H42N2O10. The SMILES string of the molecule is COC(=O)C(Cc1ccccc1)NC(=O)C=Cc1cc(OC)c2c(c1)C(C(=O)NC(Cc1ccccc1)C(=O)OC)C(c1ccc(OC)c(OC)c1)O2. The second kappa shape index (κ2) is 17.8. The highest BCUT2D eigenvalue weighted by Crippen LogP contribution is 2.52. The number of hydrogen-bond acceptors (Lipinski definition) is 10. The lowest BCUT2D eigenvalue weighted by atomic mass is 9.88. The molecule has 1 aliphatic rings. The van der Waals surface area contributed by atoms with Gasteiger partial charge in [0.1, 0.15) is 24.1 Å². The van der Waals surface area contributed by atoms with Gasteiger partial charge in [-0.2, -0.15) is 0 Å². The highest BCUT2D eigenvalue weighted by Gasteiger charge is 2.44. The summed E-state index contributed by atoms with van der Waals surface area (Å²) in [6.45, 7) is 0. The van der Waals surface area contributed by atoms with Gasteiger partial charge < -0.3 is 39.1 Å². The molecule has 0 saturated carbocycles. The molecule has 4 aromatic rings. The molecule has 1 aliphatic heterocycles. The van der Waals surface area contributed by atoms with E-state index in [4.69, 9.17) is 28.4 Å². The van der Waals surface area contributed by atoms with E-state index in [2.05, 4.69) is 10.6 Å². The molecule has 53 heavy (non-hydrogen) atoms. The summed E-state index contributed by atoms with van der Waals surface area (Å²) in [4.78, 5) is 53.0. The molecule has 0 spiro atoms. The average Bonchev–Trinajstić information content (AvgIpc) is 3.58. The van der Waals surface area contributed by atoms with Crippen LogP contribution in [0.1, 0.15) is 39.8 Å². The predicted molar refractivity (Wildman–Crippen MR) is 196 cm³/mol. The van der Waals surface area contributed by atoms with Gasteiger partial charge in [0, 0.05) is 24.5 Å². The molecule has 0 fully saturated rings. The highest BCUT2D eigenvalue weighted by molar-refractivity contribution is 5.95. The van der Waals surface area contributed by atoms with E-state index in [-0.39, 0.29) is 12.8 Å². The molecule has 12 nitrogen and oxygen atoms in total. The Hall–Kier alpha value is -6.30. The van der Waals surface area contributed by atoms with Crippen LogP contribution in [0.5, 0.6) is 23.0 Å². The van der Waals surface area contributed by atoms with E-state index in [0.29, 0.717) is 39.7 Å². The Morgan fingerprint density at radius 2 is 1.25 bits per heavy atom. The zero-order chi connectivity index (χ0) is 37.9. The van der Waals surface area contributed by atoms with E-state index >= 15 is 0 Å². The summed E-state index contributed by atoms with van der Waals surface area (Å²) in [5.41, 5.74) is 3.25. The first kappa shape index (κ1) is 37.9. The van der Waals surface area contributed by atoms with Crippen molar-refractivity contribution in [3.05, 3.63) is 125 Å². The third kappa shape index (κ3) is 9.14. The lowest BCUT2D eigenvalue weighted by molar-refractivity contribution is -0.145. The molecular weight excluding hydrogens is 680 g/mol. The van der Waals surface area contributed by atoms with Crippen LogP contribution < -0.4 is 29.6 Å². The fourth-order valence-corrected chi connectivity index (χ4v) is 6.20. The number of carbonyl (C=O) groups excluding carboxylic acids is 4. The summed E-state index contributed by atoms with van der Waals surface area (Å²) in [6, 6.07) is 25.2. The summed E-state index contributed by atoms with van der Waals surface area (Å²) in [5, 5.41) is 5.61. The second-order valence-electron chi connectivity index (χ2n) is 12.2. The Bertz CT molecular complexity index is 1950. The van der Waals surface area contributed by atoms with E-state index in [1.807, 2.05) is 60.7 Å². The molecule has 2 amide bonds. The third-order valence-electron chi connectivity index (χ3n) is 8.82. The number of hydrogen-bond donors (Lipinski definition) is 2. The van der Waals surface area contributed by atoms with Gasteiger partial charge in [-0.3, -0.25) is 9.59 Å². The van der Waals surface area contributed by atoms with Gasteiger partial charge in [-0.25, -0.2) is 9.59 Å². The minimum atomic E-state index is -1.00. The molecule has 4 aromatic carbocycles. The van der Waals surface area contributed by atoms with Crippen LogP contribution in [0.4, 0.5) is 0 Å². The number of rotatable bonds is 15. The van der Waals surface area contributed by atoms with Crippen molar-refractivity contribution in [3.8, 4) is 23.0 Å². The van der Waals surface area contributed by atoms with E-state index in [9.17, 15) is 19.2 Å². The van der Waals surface area contributed by atoms with Crippen molar-refractivity contribution >= 4 is 29.8 Å². The third-order valence-corrected chi connectivity index (χ3v) is 8.82. The molecule has 0 saturated heterocycles. The zero-order valence-electron chi connectivity index (χ0n) is 30.1. The number of esters is 2. The van der Waals surface area contributed by atoms with E-state index in [0.717, 1.165) is 11.1 Å². The summed E-state index contributed by atoms with van der Waals surface area (Å²) < 4.78 is 33.2. The number of carbonyl (C=O) groups is 4. The minimum absolute atomic E-state index is 0.193. The van der Waals surface area contributed by atoms with Crippen molar-refractivity contribution in [3.63, 3.8) is 0 Å². The van der Waals surface area contributed by atoms with Crippen molar-refractivity contribution in [2.24, 2.45) is 0 Å². The van der Waals surface area contributed by atoms with Crippen LogP contribution in [0.25, 0.3) is 6.08 Å². The van der Waals surface area contributed by atoms with Gasteiger partial charge in [0.2, 0.25) is 11.8 Å². The topological polar surface area (TPSA) is 148 Å². The van der Waals surface area contributed by atoms with Gasteiger partial charge in [0.15, 0.2) is 23.0 Å². The van der Waals surface area contributed by atoms with Gasteiger partial charge in [0.25, 0.3) is 0 Å². The normalized spacial score (nSPS) is 15.6. The van der Waals surface area contributed by atoms with E-state index in [1.165, 1.54) is 41.6 Å². The Kier molecular flexibility index (Phi) is 12.7. The average molecular weight is 723 g/mol. The molecule has 276 valence electrons. The van der Waals surface area contributed by atoms with Crippen molar-refractivity contribution in [2.75, 3.05) is 35.5 Å². The Morgan fingerprint density at radius 3 is 1.79 bits per heavy atom. The number of amides is 2. The minimum Gasteiger partial charge on any atom is -0.493 e. The molecule has 1 heterocycles. The smallest absolute Gasteiger partial charge is 0.328 e. The van der Waals surface area contributed by atoms with Crippen molar-refractivity contribution < 1.29 is 47.6 Å². The maximum atomic E-state index is 14.4. The van der Waals surface area contributed by atoms with Crippen LogP contribution in [0, 0.1) is 0 Å². The maximum absolute atomic E-state index is 14.4. The van der Waals surface area contributed by atoms with Gasteiger partial charge >= 0.3 is 11.9 Å². The summed E-state index contributed by atoms with van der Waals surface area (Å²) >= 11 is 0. The first-order valence-corrected chi connectivity index (χ1v) is 16.8. The molecule has 12 heteroatoms. The van der Waals surface area contributed by atoms with Crippen LogP contribution in [0.3, 0.4) is 0 Å². The number of fused-ring (bicyclic) bond motifs is 1. The Labute approximate surface area is 308 Å². The zero-order valence-corrected chi connectivity index (χ0v) is 30.1. The van der Waals surface area contributed by atoms with Crippen LogP contribution in [-0.4, -0.2) is 71.4 Å². The lowest BCUT2D eigenvalue weighted by Crippen LogP contribution is -2.45. The largest absolute Gasteiger partial charge is 0.493 e. The van der Waals surface area contributed by atoms with Gasteiger partial charge in [-0.1, -0.05) is 66.7 Å². The highest BCUT2D eigenvalue weighted by atomic mass is 16.5. The molecule has 4 unspecified atom stereocenters. The quantitative estimate of drug-likeness (QED) is 0.130. The predicted octanol–water partition coefficient (Wildman–Crippen LogP) is 4.74. The van der Waals surface area contributed by atoms with Crippen LogP contribution >= 0.6 is 0 Å². The van der Waals surface area contributed by atoms with Gasteiger partial charge in [-0.15, -0.1) is 0 Å². The molecule has 0 aromatic heterocycles.